The molecule has 0 saturated heterocycles. The average Bonchev–Trinajstić information content (AvgIpc) is 2.46. The normalized spacial score (nSPS) is 11.4. The van der Waals surface area contributed by atoms with Crippen molar-refractivity contribution in [1.29, 1.82) is 0 Å². The van der Waals surface area contributed by atoms with Crippen LogP contribution in [0.25, 0.3) is 5.65 Å². The first-order valence-electron chi connectivity index (χ1n) is 3.60. The Morgan fingerprint density at radius 2 is 2.21 bits per heavy atom. The summed E-state index contributed by atoms with van der Waals surface area (Å²) in [4.78, 5) is 3.50. The van der Waals surface area contributed by atoms with Crippen LogP contribution in [-0.4, -0.2) is 19.7 Å². The zero-order valence-electron chi connectivity index (χ0n) is 6.65. The third-order valence-electron chi connectivity index (χ3n) is 1.67. The third kappa shape index (κ3) is 1.27. The van der Waals surface area contributed by atoms with Crippen LogP contribution in [-0.2, 0) is 0 Å². The van der Waals surface area contributed by atoms with E-state index in [0.717, 1.165) is 10.7 Å². The minimum absolute atomic E-state index is 0.0970. The highest BCUT2D eigenvalue weighted by atomic mass is 35.5. The number of alkyl halides is 2. The van der Waals surface area contributed by atoms with Gasteiger partial charge in [-0.25, -0.2) is 18.3 Å². The second-order valence-electron chi connectivity index (χ2n) is 2.57. The number of halogens is 3. The highest BCUT2D eigenvalue weighted by Gasteiger charge is 2.17. The van der Waals surface area contributed by atoms with E-state index in [2.05, 4.69) is 10.1 Å². The van der Waals surface area contributed by atoms with Crippen LogP contribution in [0.15, 0.2) is 12.4 Å². The van der Waals surface area contributed by atoms with Gasteiger partial charge in [0.25, 0.3) is 6.43 Å². The van der Waals surface area contributed by atoms with Crippen molar-refractivity contribution in [2.75, 3.05) is 0 Å². The van der Waals surface area contributed by atoms with E-state index in [1.165, 1.54) is 6.20 Å². The summed E-state index contributed by atoms with van der Waals surface area (Å²) in [5.74, 6) is -0.604. The van der Waals surface area contributed by atoms with Gasteiger partial charge in [0, 0.05) is 0 Å². The number of aromatic hydroxyl groups is 1. The van der Waals surface area contributed by atoms with E-state index in [4.69, 9.17) is 16.7 Å². The lowest BCUT2D eigenvalue weighted by molar-refractivity contribution is 0.142. The minimum atomic E-state index is -2.84. The van der Waals surface area contributed by atoms with E-state index in [-0.39, 0.29) is 10.7 Å². The van der Waals surface area contributed by atoms with Crippen molar-refractivity contribution in [3.05, 3.63) is 23.1 Å². The molecule has 0 aromatic carbocycles. The Bertz CT molecular complexity index is 485. The van der Waals surface area contributed by atoms with Crippen LogP contribution in [0.4, 0.5) is 8.78 Å². The molecule has 2 aromatic heterocycles. The van der Waals surface area contributed by atoms with Crippen LogP contribution in [0.3, 0.4) is 0 Å². The summed E-state index contributed by atoms with van der Waals surface area (Å²) in [6.45, 7) is 0. The van der Waals surface area contributed by atoms with Crippen molar-refractivity contribution in [1.82, 2.24) is 14.6 Å². The Balaban J connectivity index is 2.74. The van der Waals surface area contributed by atoms with Gasteiger partial charge in [-0.05, 0) is 0 Å². The van der Waals surface area contributed by atoms with Crippen LogP contribution in [0, 0.1) is 0 Å². The number of fused-ring (bicyclic) bond motifs is 1. The molecule has 0 bridgehead atoms. The molecule has 0 fully saturated rings. The number of nitrogens with zero attached hydrogens (tertiary/aromatic N) is 3. The molecule has 0 radical (unpaired) electrons. The maximum atomic E-state index is 12.3. The standard InChI is InChI=1S/C7H4ClF2N3O/c8-3-1-11-13-2-4(14)5(6(9)10)12-7(3)13/h1-2,6,14H. The van der Waals surface area contributed by atoms with E-state index in [1.807, 2.05) is 0 Å². The van der Waals surface area contributed by atoms with Gasteiger partial charge in [-0.15, -0.1) is 0 Å². The first kappa shape index (κ1) is 9.14. The van der Waals surface area contributed by atoms with Gasteiger partial charge in [0.1, 0.15) is 5.02 Å². The van der Waals surface area contributed by atoms with Gasteiger partial charge in [0.05, 0.1) is 12.4 Å². The Hall–Kier alpha value is -1.43. The smallest absolute Gasteiger partial charge is 0.284 e. The van der Waals surface area contributed by atoms with Gasteiger partial charge in [-0.2, -0.15) is 5.10 Å². The predicted molar refractivity (Wildman–Crippen MR) is 44.6 cm³/mol. The Morgan fingerprint density at radius 3 is 2.86 bits per heavy atom. The molecule has 7 heteroatoms. The van der Waals surface area contributed by atoms with Gasteiger partial charge < -0.3 is 5.11 Å². The van der Waals surface area contributed by atoms with Gasteiger partial charge in [0.15, 0.2) is 17.1 Å². The molecular weight excluding hydrogens is 216 g/mol. The number of hydrogen-bond acceptors (Lipinski definition) is 3. The van der Waals surface area contributed by atoms with Gasteiger partial charge in [0.2, 0.25) is 0 Å². The van der Waals surface area contributed by atoms with Crippen molar-refractivity contribution >= 4 is 17.2 Å². The van der Waals surface area contributed by atoms with Gasteiger partial charge in [-0.3, -0.25) is 0 Å². The van der Waals surface area contributed by atoms with Crippen molar-refractivity contribution < 1.29 is 13.9 Å². The van der Waals surface area contributed by atoms with E-state index in [9.17, 15) is 8.78 Å². The Morgan fingerprint density at radius 1 is 1.50 bits per heavy atom. The minimum Gasteiger partial charge on any atom is -0.504 e. The highest BCUT2D eigenvalue weighted by Crippen LogP contribution is 2.27. The maximum Gasteiger partial charge on any atom is 0.284 e. The monoisotopic (exact) mass is 219 g/mol. The van der Waals surface area contributed by atoms with E-state index < -0.39 is 17.9 Å². The Kier molecular flexibility index (Phi) is 1.99. The second-order valence-corrected chi connectivity index (χ2v) is 2.98. The number of aromatic nitrogens is 3. The molecule has 0 aliphatic heterocycles. The molecule has 0 unspecified atom stereocenters. The summed E-state index contributed by atoms with van der Waals surface area (Å²) >= 11 is 5.63. The molecule has 0 atom stereocenters. The maximum absolute atomic E-state index is 12.3. The zero-order chi connectivity index (χ0) is 10.3. The van der Waals surface area contributed by atoms with Crippen molar-refractivity contribution in [3.63, 3.8) is 0 Å². The average molecular weight is 220 g/mol. The molecule has 2 aromatic rings. The molecule has 0 aliphatic carbocycles. The van der Waals surface area contributed by atoms with Crippen LogP contribution in [0.2, 0.25) is 5.02 Å². The lowest BCUT2D eigenvalue weighted by Crippen LogP contribution is -1.96. The van der Waals surface area contributed by atoms with Crippen LogP contribution in [0.1, 0.15) is 12.1 Å². The quantitative estimate of drug-likeness (QED) is 0.798. The molecule has 0 spiro atoms. The predicted octanol–water partition coefficient (Wildman–Crippen LogP) is 2.03. The molecule has 1 N–H and O–H groups in total. The molecule has 0 saturated carbocycles. The van der Waals surface area contributed by atoms with Crippen molar-refractivity contribution in [2.45, 2.75) is 6.43 Å². The lowest BCUT2D eigenvalue weighted by Gasteiger charge is -2.02. The highest BCUT2D eigenvalue weighted by molar-refractivity contribution is 6.33. The fourth-order valence-corrected chi connectivity index (χ4v) is 1.22. The van der Waals surface area contributed by atoms with Crippen LogP contribution < -0.4 is 0 Å². The second kappa shape index (κ2) is 3.06. The molecule has 74 valence electrons. The fourth-order valence-electron chi connectivity index (χ4n) is 1.05. The molecule has 0 aliphatic rings. The van der Waals surface area contributed by atoms with E-state index in [1.54, 1.807) is 0 Å². The lowest BCUT2D eigenvalue weighted by atomic mass is 10.4. The van der Waals surface area contributed by atoms with Crippen molar-refractivity contribution in [3.8, 4) is 5.75 Å². The first-order chi connectivity index (χ1) is 6.59. The Labute approximate surface area is 81.8 Å². The van der Waals surface area contributed by atoms with Crippen molar-refractivity contribution in [2.24, 2.45) is 0 Å². The zero-order valence-corrected chi connectivity index (χ0v) is 7.41. The summed E-state index contributed by atoms with van der Waals surface area (Å²) in [7, 11) is 0. The van der Waals surface area contributed by atoms with E-state index >= 15 is 0 Å². The number of rotatable bonds is 1. The molecule has 2 rings (SSSR count). The van der Waals surface area contributed by atoms with E-state index in [0.29, 0.717) is 0 Å². The largest absolute Gasteiger partial charge is 0.504 e. The van der Waals surface area contributed by atoms with Gasteiger partial charge in [-0.1, -0.05) is 11.6 Å². The topological polar surface area (TPSA) is 50.4 Å². The molecule has 0 amide bonds. The molecule has 2 heterocycles. The summed E-state index contributed by atoms with van der Waals surface area (Å²) in [5.41, 5.74) is -0.598. The van der Waals surface area contributed by atoms with Gasteiger partial charge >= 0.3 is 0 Å². The third-order valence-corrected chi connectivity index (χ3v) is 1.93. The fraction of sp³-hybridized carbons (Fsp3) is 0.143. The van der Waals surface area contributed by atoms with Crippen LogP contribution >= 0.6 is 11.6 Å². The molecule has 4 nitrogen and oxygen atoms in total. The SMILES string of the molecule is Oc1cn2ncc(Cl)c2nc1C(F)F. The summed E-state index contributed by atoms with van der Waals surface area (Å²) in [6, 6.07) is 0. The van der Waals surface area contributed by atoms with Crippen LogP contribution in [0.5, 0.6) is 5.75 Å². The number of hydrogen-bond donors (Lipinski definition) is 1. The molecule has 14 heavy (non-hydrogen) atoms. The first-order valence-corrected chi connectivity index (χ1v) is 3.98. The summed E-state index contributed by atoms with van der Waals surface area (Å²) in [6.07, 6.45) is -0.542. The summed E-state index contributed by atoms with van der Waals surface area (Å²) in [5, 5.41) is 13.0. The summed E-state index contributed by atoms with van der Waals surface area (Å²) < 4.78 is 25.7. The molecular formula is C7H4ClF2N3O.